The van der Waals surface area contributed by atoms with E-state index in [0.29, 0.717) is 5.82 Å². The molecule has 1 aliphatic heterocycles. The molecule has 2 aromatic rings. The highest BCUT2D eigenvalue weighted by atomic mass is 79.9. The second kappa shape index (κ2) is 5.06. The number of hydrogen-bond acceptors (Lipinski definition) is 4. The predicted octanol–water partition coefficient (Wildman–Crippen LogP) is 3.14. The standard InChI is InChI=1S/C14H16BrN3O/c1-14(6-8-16-9-7-14)13-17-12(18-19-13)10-4-2-3-5-11(10)15/h2-5,16H,6-9H2,1H3. The maximum Gasteiger partial charge on any atom is 0.232 e. The molecule has 5 heteroatoms. The van der Waals surface area contributed by atoms with Gasteiger partial charge in [-0.3, -0.25) is 0 Å². The van der Waals surface area contributed by atoms with E-state index in [4.69, 9.17) is 4.52 Å². The van der Waals surface area contributed by atoms with Gasteiger partial charge in [-0.2, -0.15) is 4.98 Å². The third-order valence-corrected chi connectivity index (χ3v) is 4.46. The van der Waals surface area contributed by atoms with Gasteiger partial charge in [-0.1, -0.05) is 40.1 Å². The van der Waals surface area contributed by atoms with E-state index in [-0.39, 0.29) is 5.41 Å². The summed E-state index contributed by atoms with van der Waals surface area (Å²) in [5, 5.41) is 7.49. The van der Waals surface area contributed by atoms with Crippen LogP contribution in [-0.4, -0.2) is 23.2 Å². The van der Waals surface area contributed by atoms with Gasteiger partial charge in [0.15, 0.2) is 0 Å². The molecule has 1 aromatic heterocycles. The monoisotopic (exact) mass is 321 g/mol. The lowest BCUT2D eigenvalue weighted by atomic mass is 9.81. The van der Waals surface area contributed by atoms with Crippen LogP contribution in [0.5, 0.6) is 0 Å². The van der Waals surface area contributed by atoms with Crippen molar-refractivity contribution < 1.29 is 4.52 Å². The number of halogens is 1. The van der Waals surface area contributed by atoms with Gasteiger partial charge >= 0.3 is 0 Å². The minimum Gasteiger partial charge on any atom is -0.338 e. The molecule has 1 aliphatic rings. The van der Waals surface area contributed by atoms with Crippen molar-refractivity contribution in [2.75, 3.05) is 13.1 Å². The molecule has 0 saturated carbocycles. The van der Waals surface area contributed by atoms with Crippen LogP contribution in [0.3, 0.4) is 0 Å². The molecule has 1 aromatic carbocycles. The molecule has 1 fully saturated rings. The number of hydrogen-bond donors (Lipinski definition) is 1. The van der Waals surface area contributed by atoms with Gasteiger partial charge in [0.2, 0.25) is 11.7 Å². The van der Waals surface area contributed by atoms with Gasteiger partial charge < -0.3 is 9.84 Å². The van der Waals surface area contributed by atoms with Crippen LogP contribution in [0.25, 0.3) is 11.4 Å². The lowest BCUT2D eigenvalue weighted by Crippen LogP contribution is -2.37. The van der Waals surface area contributed by atoms with Gasteiger partial charge in [-0.05, 0) is 38.1 Å². The fraction of sp³-hybridized carbons (Fsp3) is 0.429. The summed E-state index contributed by atoms with van der Waals surface area (Å²) in [4.78, 5) is 4.60. The van der Waals surface area contributed by atoms with Crippen LogP contribution in [0.4, 0.5) is 0 Å². The maximum absolute atomic E-state index is 5.51. The topological polar surface area (TPSA) is 51.0 Å². The Morgan fingerprint density at radius 3 is 2.74 bits per heavy atom. The minimum atomic E-state index is -0.00223. The first-order chi connectivity index (χ1) is 9.19. The van der Waals surface area contributed by atoms with Crippen LogP contribution in [0.15, 0.2) is 33.3 Å². The Bertz CT molecular complexity index is 576. The highest BCUT2D eigenvalue weighted by Crippen LogP contribution is 2.33. The van der Waals surface area contributed by atoms with Crippen molar-refractivity contribution >= 4 is 15.9 Å². The summed E-state index contributed by atoms with van der Waals surface area (Å²) >= 11 is 3.52. The quantitative estimate of drug-likeness (QED) is 0.923. The maximum atomic E-state index is 5.51. The highest BCUT2D eigenvalue weighted by Gasteiger charge is 2.34. The van der Waals surface area contributed by atoms with E-state index in [9.17, 15) is 0 Å². The van der Waals surface area contributed by atoms with Gasteiger partial charge in [0, 0.05) is 15.5 Å². The Kier molecular flexibility index (Phi) is 3.41. The molecule has 0 bridgehead atoms. The van der Waals surface area contributed by atoms with E-state index >= 15 is 0 Å². The van der Waals surface area contributed by atoms with Crippen molar-refractivity contribution in [1.82, 2.24) is 15.5 Å². The summed E-state index contributed by atoms with van der Waals surface area (Å²) in [6.45, 7) is 4.21. The molecular weight excluding hydrogens is 306 g/mol. The summed E-state index contributed by atoms with van der Waals surface area (Å²) < 4.78 is 6.49. The lowest BCUT2D eigenvalue weighted by Gasteiger charge is -2.30. The van der Waals surface area contributed by atoms with E-state index in [0.717, 1.165) is 41.9 Å². The van der Waals surface area contributed by atoms with E-state index in [2.05, 4.69) is 38.3 Å². The zero-order valence-corrected chi connectivity index (χ0v) is 12.4. The summed E-state index contributed by atoms with van der Waals surface area (Å²) in [5.41, 5.74) is 0.965. The Labute approximate surface area is 120 Å². The molecule has 0 radical (unpaired) electrons. The Morgan fingerprint density at radius 2 is 2.00 bits per heavy atom. The predicted molar refractivity (Wildman–Crippen MR) is 76.9 cm³/mol. The summed E-state index contributed by atoms with van der Waals surface area (Å²) in [7, 11) is 0. The SMILES string of the molecule is CC1(c2nc(-c3ccccc3Br)no2)CCNCC1. The average Bonchev–Trinajstić information content (AvgIpc) is 2.90. The molecule has 0 aliphatic carbocycles. The lowest BCUT2D eigenvalue weighted by molar-refractivity contribution is 0.241. The molecule has 2 heterocycles. The first-order valence-corrected chi connectivity index (χ1v) is 7.28. The van der Waals surface area contributed by atoms with Crippen molar-refractivity contribution in [3.63, 3.8) is 0 Å². The number of nitrogens with zero attached hydrogens (tertiary/aromatic N) is 2. The second-order valence-corrected chi connectivity index (χ2v) is 6.07. The zero-order chi connectivity index (χ0) is 13.3. The zero-order valence-electron chi connectivity index (χ0n) is 10.8. The number of rotatable bonds is 2. The third kappa shape index (κ3) is 2.44. The smallest absolute Gasteiger partial charge is 0.232 e. The molecule has 3 rings (SSSR count). The van der Waals surface area contributed by atoms with Gasteiger partial charge in [-0.25, -0.2) is 0 Å². The molecule has 0 spiro atoms. The van der Waals surface area contributed by atoms with E-state index < -0.39 is 0 Å². The van der Waals surface area contributed by atoms with Crippen molar-refractivity contribution in [2.45, 2.75) is 25.2 Å². The molecular formula is C14H16BrN3O. The number of benzene rings is 1. The van der Waals surface area contributed by atoms with E-state index in [1.165, 1.54) is 0 Å². The van der Waals surface area contributed by atoms with Crippen LogP contribution >= 0.6 is 15.9 Å². The number of aromatic nitrogens is 2. The fourth-order valence-corrected chi connectivity index (χ4v) is 2.88. The largest absolute Gasteiger partial charge is 0.338 e. The summed E-state index contributed by atoms with van der Waals surface area (Å²) in [6, 6.07) is 7.92. The van der Waals surface area contributed by atoms with Gasteiger partial charge in [0.1, 0.15) is 0 Å². The average molecular weight is 322 g/mol. The van der Waals surface area contributed by atoms with Crippen molar-refractivity contribution in [3.8, 4) is 11.4 Å². The number of piperidine rings is 1. The number of nitrogens with one attached hydrogen (secondary N) is 1. The molecule has 0 atom stereocenters. The van der Waals surface area contributed by atoms with E-state index in [1.54, 1.807) is 0 Å². The van der Waals surface area contributed by atoms with Crippen molar-refractivity contribution in [1.29, 1.82) is 0 Å². The molecule has 4 nitrogen and oxygen atoms in total. The third-order valence-electron chi connectivity index (χ3n) is 3.76. The first kappa shape index (κ1) is 12.8. The molecule has 0 unspecified atom stereocenters. The van der Waals surface area contributed by atoms with Crippen LogP contribution in [0.2, 0.25) is 0 Å². The molecule has 0 amide bonds. The van der Waals surface area contributed by atoms with Gasteiger partial charge in [-0.15, -0.1) is 0 Å². The second-order valence-electron chi connectivity index (χ2n) is 5.21. The Morgan fingerprint density at radius 1 is 1.26 bits per heavy atom. The normalized spacial score (nSPS) is 18.4. The summed E-state index contributed by atoms with van der Waals surface area (Å²) in [5.74, 6) is 1.40. The summed E-state index contributed by atoms with van der Waals surface area (Å²) in [6.07, 6.45) is 2.06. The van der Waals surface area contributed by atoms with E-state index in [1.807, 2.05) is 24.3 Å². The highest BCUT2D eigenvalue weighted by molar-refractivity contribution is 9.10. The Hall–Kier alpha value is -1.20. The first-order valence-electron chi connectivity index (χ1n) is 6.49. The van der Waals surface area contributed by atoms with Crippen molar-refractivity contribution in [2.24, 2.45) is 0 Å². The van der Waals surface area contributed by atoms with Crippen LogP contribution < -0.4 is 5.32 Å². The molecule has 19 heavy (non-hydrogen) atoms. The fourth-order valence-electron chi connectivity index (χ4n) is 2.41. The van der Waals surface area contributed by atoms with Gasteiger partial charge in [0.05, 0.1) is 0 Å². The van der Waals surface area contributed by atoms with Crippen LogP contribution in [-0.2, 0) is 5.41 Å². The minimum absolute atomic E-state index is 0.00223. The molecule has 1 N–H and O–H groups in total. The Balaban J connectivity index is 1.93. The molecule has 100 valence electrons. The van der Waals surface area contributed by atoms with Crippen LogP contribution in [0.1, 0.15) is 25.7 Å². The van der Waals surface area contributed by atoms with Crippen molar-refractivity contribution in [3.05, 3.63) is 34.6 Å². The van der Waals surface area contributed by atoms with Gasteiger partial charge in [0.25, 0.3) is 0 Å². The van der Waals surface area contributed by atoms with Crippen LogP contribution in [0, 0.1) is 0 Å². The molecule has 1 saturated heterocycles.